The summed E-state index contributed by atoms with van der Waals surface area (Å²) in [6.45, 7) is 4.12. The molecule has 2 aromatic heterocycles. The van der Waals surface area contributed by atoms with Gasteiger partial charge in [-0.15, -0.1) is 0 Å². The van der Waals surface area contributed by atoms with Crippen molar-refractivity contribution in [1.29, 1.82) is 0 Å². The van der Waals surface area contributed by atoms with Crippen molar-refractivity contribution in [3.63, 3.8) is 0 Å². The van der Waals surface area contributed by atoms with Gasteiger partial charge < -0.3 is 13.9 Å². The van der Waals surface area contributed by atoms with Crippen molar-refractivity contribution in [3.05, 3.63) is 95.9 Å². The van der Waals surface area contributed by atoms with Gasteiger partial charge in [0.1, 0.15) is 5.76 Å². The van der Waals surface area contributed by atoms with Crippen LogP contribution in [0.1, 0.15) is 47.5 Å². The highest BCUT2D eigenvalue weighted by Gasteiger charge is 2.13. The lowest BCUT2D eigenvalue weighted by Gasteiger charge is -2.18. The summed E-state index contributed by atoms with van der Waals surface area (Å²) in [7, 11) is 0. The fourth-order valence-electron chi connectivity index (χ4n) is 4.57. The second kappa shape index (κ2) is 10.5. The van der Waals surface area contributed by atoms with Crippen LogP contribution in [0, 0.1) is 6.92 Å². The van der Waals surface area contributed by atoms with E-state index < -0.39 is 0 Å². The van der Waals surface area contributed by atoms with Crippen molar-refractivity contribution in [2.24, 2.45) is 5.10 Å². The fraction of sp³-hybridized carbons (Fsp3) is 0.241. The molecule has 35 heavy (non-hydrogen) atoms. The lowest BCUT2D eigenvalue weighted by Crippen LogP contribution is -2.23. The zero-order chi connectivity index (χ0) is 24.0. The first-order valence-corrected chi connectivity index (χ1v) is 12.2. The molecule has 0 atom stereocenters. The van der Waals surface area contributed by atoms with Gasteiger partial charge in [0.25, 0.3) is 5.91 Å². The minimum atomic E-state index is -0.264. The number of amides is 1. The summed E-state index contributed by atoms with van der Waals surface area (Å²) >= 11 is 0. The van der Waals surface area contributed by atoms with Gasteiger partial charge in [0.15, 0.2) is 5.88 Å². The number of nitrogens with zero attached hydrogens (tertiary/aromatic N) is 3. The number of aryl methyl sites for hydroxylation is 1. The number of carbonyl (C=O) groups excluding carboxylic acids is 1. The highest BCUT2D eigenvalue weighted by Crippen LogP contribution is 2.26. The van der Waals surface area contributed by atoms with E-state index in [-0.39, 0.29) is 5.91 Å². The van der Waals surface area contributed by atoms with Crippen LogP contribution in [0.4, 0.5) is 5.88 Å². The van der Waals surface area contributed by atoms with Crippen LogP contribution in [0.15, 0.2) is 88.4 Å². The maximum Gasteiger partial charge on any atom is 0.271 e. The van der Waals surface area contributed by atoms with E-state index in [4.69, 9.17) is 4.42 Å². The SMILES string of the molecule is Cc1ccc(-c2ccccc2)n1-c1ccc(C(=O)N/N=C/c2ccc(N3CCCCCC3)o2)cc1. The summed E-state index contributed by atoms with van der Waals surface area (Å²) < 4.78 is 8.09. The van der Waals surface area contributed by atoms with Crippen LogP contribution >= 0.6 is 0 Å². The van der Waals surface area contributed by atoms with Crippen LogP contribution in [0.2, 0.25) is 0 Å². The zero-order valence-corrected chi connectivity index (χ0v) is 20.0. The number of nitrogens with one attached hydrogen (secondary N) is 1. The molecule has 0 unspecified atom stereocenters. The fourth-order valence-corrected chi connectivity index (χ4v) is 4.57. The Morgan fingerprint density at radius 1 is 0.886 bits per heavy atom. The Hall–Kier alpha value is -4.06. The number of hydrogen-bond donors (Lipinski definition) is 1. The third-order valence-corrected chi connectivity index (χ3v) is 6.42. The monoisotopic (exact) mass is 466 g/mol. The maximum absolute atomic E-state index is 12.6. The number of hydrazone groups is 1. The number of hydrogen-bond acceptors (Lipinski definition) is 4. The van der Waals surface area contributed by atoms with E-state index in [0.717, 1.165) is 41.6 Å². The highest BCUT2D eigenvalue weighted by molar-refractivity contribution is 5.95. The van der Waals surface area contributed by atoms with E-state index in [0.29, 0.717) is 11.3 Å². The molecule has 1 fully saturated rings. The number of rotatable bonds is 6. The average Bonchev–Trinajstić information content (AvgIpc) is 3.42. The second-order valence-electron chi connectivity index (χ2n) is 8.88. The first kappa shape index (κ1) is 22.7. The Labute approximate surface area is 205 Å². The van der Waals surface area contributed by atoms with Gasteiger partial charge in [-0.1, -0.05) is 43.2 Å². The van der Waals surface area contributed by atoms with Crippen molar-refractivity contribution in [3.8, 4) is 16.9 Å². The van der Waals surface area contributed by atoms with E-state index in [1.807, 2.05) is 54.6 Å². The Morgan fingerprint density at radius 2 is 1.63 bits per heavy atom. The molecule has 0 spiro atoms. The van der Waals surface area contributed by atoms with Crippen molar-refractivity contribution in [2.45, 2.75) is 32.6 Å². The summed E-state index contributed by atoms with van der Waals surface area (Å²) in [5.74, 6) is 1.22. The standard InChI is InChI=1S/C29H30N4O2/c1-22-11-17-27(23-9-5-4-6-10-23)33(22)25-14-12-24(13-15-25)29(34)31-30-21-26-16-18-28(35-26)32-19-7-2-3-8-20-32/h4-6,9-18,21H,2-3,7-8,19-20H2,1H3,(H,31,34)/b30-21+. The van der Waals surface area contributed by atoms with Gasteiger partial charge >= 0.3 is 0 Å². The number of aromatic nitrogens is 1. The minimum absolute atomic E-state index is 0.264. The van der Waals surface area contributed by atoms with Crippen LogP contribution in [0.3, 0.4) is 0 Å². The number of carbonyl (C=O) groups is 1. The van der Waals surface area contributed by atoms with Gasteiger partial charge in [-0.25, -0.2) is 5.43 Å². The molecular formula is C29H30N4O2. The molecule has 1 amide bonds. The third-order valence-electron chi connectivity index (χ3n) is 6.42. The molecule has 6 heteroatoms. The maximum atomic E-state index is 12.6. The Balaban J connectivity index is 1.24. The number of furan rings is 1. The number of anilines is 1. The molecule has 0 aliphatic carbocycles. The second-order valence-corrected chi connectivity index (χ2v) is 8.88. The Bertz CT molecular complexity index is 1290. The molecule has 1 aliphatic heterocycles. The van der Waals surface area contributed by atoms with Crippen molar-refractivity contribution in [2.75, 3.05) is 18.0 Å². The van der Waals surface area contributed by atoms with E-state index >= 15 is 0 Å². The molecule has 1 aliphatic rings. The van der Waals surface area contributed by atoms with Gasteiger partial charge in [0.05, 0.1) is 11.9 Å². The lowest BCUT2D eigenvalue weighted by atomic mass is 10.1. The lowest BCUT2D eigenvalue weighted by molar-refractivity contribution is 0.0955. The van der Waals surface area contributed by atoms with Gasteiger partial charge in [-0.3, -0.25) is 4.79 Å². The minimum Gasteiger partial charge on any atom is -0.440 e. The summed E-state index contributed by atoms with van der Waals surface area (Å²) in [5.41, 5.74) is 7.53. The highest BCUT2D eigenvalue weighted by atomic mass is 16.4. The normalized spacial score (nSPS) is 14.3. The molecule has 0 saturated carbocycles. The van der Waals surface area contributed by atoms with E-state index in [1.165, 1.54) is 25.7 Å². The zero-order valence-electron chi connectivity index (χ0n) is 20.0. The van der Waals surface area contributed by atoms with Gasteiger partial charge in [-0.05, 0) is 67.8 Å². The van der Waals surface area contributed by atoms with Gasteiger partial charge in [0.2, 0.25) is 0 Å². The molecule has 0 bridgehead atoms. The van der Waals surface area contributed by atoms with Crippen LogP contribution < -0.4 is 10.3 Å². The van der Waals surface area contributed by atoms with Crippen molar-refractivity contribution >= 4 is 18.0 Å². The predicted octanol–water partition coefficient (Wildman–Crippen LogP) is 6.19. The quantitative estimate of drug-likeness (QED) is 0.272. The molecule has 2 aromatic carbocycles. The van der Waals surface area contributed by atoms with Crippen molar-refractivity contribution < 1.29 is 9.21 Å². The van der Waals surface area contributed by atoms with Crippen LogP contribution in [-0.2, 0) is 0 Å². The third kappa shape index (κ3) is 5.22. The van der Waals surface area contributed by atoms with E-state index in [9.17, 15) is 4.79 Å². The van der Waals surface area contributed by atoms with E-state index in [1.54, 1.807) is 6.21 Å². The number of benzene rings is 2. The van der Waals surface area contributed by atoms with E-state index in [2.05, 4.69) is 51.2 Å². The molecule has 178 valence electrons. The molecule has 5 rings (SSSR count). The smallest absolute Gasteiger partial charge is 0.271 e. The van der Waals surface area contributed by atoms with Crippen LogP contribution in [0.5, 0.6) is 0 Å². The molecule has 1 saturated heterocycles. The average molecular weight is 467 g/mol. The van der Waals surface area contributed by atoms with Crippen LogP contribution in [0.25, 0.3) is 16.9 Å². The van der Waals surface area contributed by atoms with Gasteiger partial charge in [0, 0.05) is 36.1 Å². The summed E-state index contributed by atoms with van der Waals surface area (Å²) in [6.07, 6.45) is 6.48. The summed E-state index contributed by atoms with van der Waals surface area (Å²) in [4.78, 5) is 14.9. The molecular weight excluding hydrogens is 436 g/mol. The Kier molecular flexibility index (Phi) is 6.80. The molecule has 1 N–H and O–H groups in total. The van der Waals surface area contributed by atoms with Crippen LogP contribution in [-0.4, -0.2) is 29.8 Å². The molecule has 4 aromatic rings. The first-order valence-electron chi connectivity index (χ1n) is 12.2. The summed E-state index contributed by atoms with van der Waals surface area (Å²) in [5, 5.41) is 4.09. The predicted molar refractivity (Wildman–Crippen MR) is 140 cm³/mol. The first-order chi connectivity index (χ1) is 17.2. The largest absolute Gasteiger partial charge is 0.440 e. The van der Waals surface area contributed by atoms with Gasteiger partial charge in [-0.2, -0.15) is 5.10 Å². The summed E-state index contributed by atoms with van der Waals surface area (Å²) in [6, 6.07) is 25.9. The molecule has 6 nitrogen and oxygen atoms in total. The molecule has 0 radical (unpaired) electrons. The molecule has 3 heterocycles. The topological polar surface area (TPSA) is 62.8 Å². The van der Waals surface area contributed by atoms with Crippen molar-refractivity contribution in [1.82, 2.24) is 9.99 Å². The Morgan fingerprint density at radius 3 is 2.37 bits per heavy atom.